The van der Waals surface area contributed by atoms with Crippen molar-refractivity contribution in [3.05, 3.63) is 29.8 Å². The zero-order valence-electron chi connectivity index (χ0n) is 16.6. The number of esters is 1. The Hall–Kier alpha value is -1.26. The van der Waals surface area contributed by atoms with E-state index in [2.05, 4.69) is 19.2 Å². The minimum Gasteiger partial charge on any atom is -0.458 e. The lowest BCUT2D eigenvalue weighted by Crippen LogP contribution is -2.36. The molecule has 150 valence electrons. The fourth-order valence-electron chi connectivity index (χ4n) is 2.87. The zero-order chi connectivity index (χ0) is 18.5. The van der Waals surface area contributed by atoms with Crippen LogP contribution in [-0.2, 0) is 4.74 Å². The lowest BCUT2D eigenvalue weighted by atomic mass is 10.0. The van der Waals surface area contributed by atoms with E-state index >= 15 is 0 Å². The number of nitrogens with two attached hydrogens (primary N) is 1. The van der Waals surface area contributed by atoms with Gasteiger partial charge in [-0.05, 0) is 44.0 Å². The van der Waals surface area contributed by atoms with Gasteiger partial charge in [0, 0.05) is 18.3 Å². The van der Waals surface area contributed by atoms with Gasteiger partial charge in [-0.15, -0.1) is 12.4 Å². The van der Waals surface area contributed by atoms with Crippen molar-refractivity contribution in [1.29, 1.82) is 0 Å². The summed E-state index contributed by atoms with van der Waals surface area (Å²) in [5.74, 6) is -0.289. The molecule has 0 amide bonds. The van der Waals surface area contributed by atoms with E-state index in [9.17, 15) is 4.79 Å². The van der Waals surface area contributed by atoms with E-state index in [0.29, 0.717) is 23.8 Å². The first kappa shape index (κ1) is 24.7. The average Bonchev–Trinajstić information content (AvgIpc) is 2.60. The van der Waals surface area contributed by atoms with Crippen molar-refractivity contribution < 1.29 is 9.53 Å². The SMILES string of the molecule is CCCCCC(CCCCC)NCC(C)OC(=O)c1ccc(N)cc1.Cl. The molecule has 0 aliphatic rings. The van der Waals surface area contributed by atoms with Gasteiger partial charge in [0.1, 0.15) is 6.10 Å². The van der Waals surface area contributed by atoms with Gasteiger partial charge >= 0.3 is 5.97 Å². The van der Waals surface area contributed by atoms with Crippen molar-refractivity contribution in [3.63, 3.8) is 0 Å². The van der Waals surface area contributed by atoms with Crippen LogP contribution in [0.25, 0.3) is 0 Å². The van der Waals surface area contributed by atoms with Gasteiger partial charge in [-0.2, -0.15) is 0 Å². The van der Waals surface area contributed by atoms with Crippen LogP contribution >= 0.6 is 12.4 Å². The van der Waals surface area contributed by atoms with E-state index < -0.39 is 0 Å². The Balaban J connectivity index is 0.00000625. The summed E-state index contributed by atoms with van der Waals surface area (Å²) in [6, 6.07) is 7.37. The second kappa shape index (κ2) is 14.9. The molecule has 0 bridgehead atoms. The van der Waals surface area contributed by atoms with Gasteiger partial charge < -0.3 is 15.8 Å². The summed E-state index contributed by atoms with van der Waals surface area (Å²) in [5.41, 5.74) is 6.84. The molecule has 1 unspecified atom stereocenters. The summed E-state index contributed by atoms with van der Waals surface area (Å²) in [5, 5.41) is 3.61. The number of carbonyl (C=O) groups is 1. The second-order valence-corrected chi connectivity index (χ2v) is 6.93. The van der Waals surface area contributed by atoms with E-state index in [1.54, 1.807) is 24.3 Å². The number of carbonyl (C=O) groups excluding carboxylic acids is 1. The van der Waals surface area contributed by atoms with E-state index in [4.69, 9.17) is 10.5 Å². The largest absolute Gasteiger partial charge is 0.458 e. The van der Waals surface area contributed by atoms with Crippen LogP contribution in [0.4, 0.5) is 5.69 Å². The molecule has 0 saturated carbocycles. The third-order valence-electron chi connectivity index (χ3n) is 4.46. The maximum absolute atomic E-state index is 12.1. The quantitative estimate of drug-likeness (QED) is 0.273. The highest BCUT2D eigenvalue weighted by molar-refractivity contribution is 5.89. The van der Waals surface area contributed by atoms with Crippen molar-refractivity contribution in [2.45, 2.75) is 84.3 Å². The topological polar surface area (TPSA) is 64.3 Å². The maximum atomic E-state index is 12.1. The Morgan fingerprint density at radius 1 is 1.04 bits per heavy atom. The highest BCUT2D eigenvalue weighted by atomic mass is 35.5. The van der Waals surface area contributed by atoms with Gasteiger partial charge in [0.2, 0.25) is 0 Å². The van der Waals surface area contributed by atoms with Crippen LogP contribution in [0.3, 0.4) is 0 Å². The highest BCUT2D eigenvalue weighted by Gasteiger charge is 2.14. The Bertz CT molecular complexity index is 469. The van der Waals surface area contributed by atoms with Crippen LogP contribution in [0, 0.1) is 0 Å². The molecule has 0 fully saturated rings. The number of nitrogen functional groups attached to an aromatic ring is 1. The fraction of sp³-hybridized carbons (Fsp3) is 0.667. The molecule has 0 spiro atoms. The van der Waals surface area contributed by atoms with Gasteiger partial charge in [-0.3, -0.25) is 0 Å². The summed E-state index contributed by atoms with van der Waals surface area (Å²) in [6.07, 6.45) is 9.85. The molecule has 1 atom stereocenters. The van der Waals surface area contributed by atoms with E-state index in [-0.39, 0.29) is 24.5 Å². The van der Waals surface area contributed by atoms with E-state index in [1.807, 2.05) is 6.92 Å². The molecular weight excluding hydrogens is 348 g/mol. The summed E-state index contributed by atoms with van der Waals surface area (Å²) in [4.78, 5) is 12.1. The Morgan fingerprint density at radius 3 is 2.08 bits per heavy atom. The lowest BCUT2D eigenvalue weighted by Gasteiger charge is -2.21. The molecule has 1 aromatic rings. The zero-order valence-corrected chi connectivity index (χ0v) is 17.4. The number of hydrogen-bond acceptors (Lipinski definition) is 4. The smallest absolute Gasteiger partial charge is 0.338 e. The van der Waals surface area contributed by atoms with Crippen LogP contribution in [0.5, 0.6) is 0 Å². The molecule has 1 rings (SSSR count). The Labute approximate surface area is 165 Å². The van der Waals surface area contributed by atoms with Gasteiger partial charge in [-0.25, -0.2) is 4.79 Å². The van der Waals surface area contributed by atoms with Crippen molar-refractivity contribution >= 4 is 24.1 Å². The number of rotatable bonds is 13. The molecule has 0 aliphatic heterocycles. The first-order valence-electron chi connectivity index (χ1n) is 9.86. The standard InChI is InChI=1S/C21H36N2O2.ClH/c1-4-6-8-10-20(11-9-7-5-2)23-16-17(3)25-21(24)18-12-14-19(22)15-13-18;/h12-15,17,20,23H,4-11,16,22H2,1-3H3;1H. The van der Waals surface area contributed by atoms with Crippen LogP contribution < -0.4 is 11.1 Å². The van der Waals surface area contributed by atoms with Gasteiger partial charge in [0.15, 0.2) is 0 Å². The molecular formula is C21H37ClN2O2. The number of anilines is 1. The predicted molar refractivity (Wildman–Crippen MR) is 113 cm³/mol. The van der Waals surface area contributed by atoms with Crippen molar-refractivity contribution in [3.8, 4) is 0 Å². The number of hydrogen-bond donors (Lipinski definition) is 2. The van der Waals surface area contributed by atoms with Gasteiger partial charge in [0.05, 0.1) is 5.56 Å². The van der Waals surface area contributed by atoms with Crippen LogP contribution in [0.15, 0.2) is 24.3 Å². The lowest BCUT2D eigenvalue weighted by molar-refractivity contribution is 0.0335. The third-order valence-corrected chi connectivity index (χ3v) is 4.46. The molecule has 26 heavy (non-hydrogen) atoms. The Kier molecular flexibility index (Phi) is 14.1. The number of benzene rings is 1. The molecule has 4 nitrogen and oxygen atoms in total. The molecule has 1 aromatic carbocycles. The van der Waals surface area contributed by atoms with Gasteiger partial charge in [0.25, 0.3) is 0 Å². The van der Waals surface area contributed by atoms with Gasteiger partial charge in [-0.1, -0.05) is 52.4 Å². The molecule has 0 heterocycles. The molecule has 0 aliphatic carbocycles. The average molecular weight is 385 g/mol. The first-order chi connectivity index (χ1) is 12.1. The first-order valence-corrected chi connectivity index (χ1v) is 9.86. The highest BCUT2D eigenvalue weighted by Crippen LogP contribution is 2.12. The van der Waals surface area contributed by atoms with Crippen LogP contribution in [0.2, 0.25) is 0 Å². The number of unbranched alkanes of at least 4 members (excludes halogenated alkanes) is 4. The molecule has 3 N–H and O–H groups in total. The Morgan fingerprint density at radius 2 is 1.58 bits per heavy atom. The predicted octanol–water partition coefficient (Wildman–Crippen LogP) is 5.35. The molecule has 0 radical (unpaired) electrons. The van der Waals surface area contributed by atoms with Crippen LogP contribution in [-0.4, -0.2) is 24.7 Å². The summed E-state index contributed by atoms with van der Waals surface area (Å²) in [7, 11) is 0. The molecule has 5 heteroatoms. The third kappa shape index (κ3) is 10.7. The van der Waals surface area contributed by atoms with Crippen LogP contribution in [0.1, 0.15) is 82.5 Å². The summed E-state index contributed by atoms with van der Waals surface area (Å²) >= 11 is 0. The van der Waals surface area contributed by atoms with Crippen molar-refractivity contribution in [2.24, 2.45) is 0 Å². The minimum absolute atomic E-state index is 0. The minimum atomic E-state index is -0.289. The van der Waals surface area contributed by atoms with E-state index in [0.717, 1.165) is 0 Å². The second-order valence-electron chi connectivity index (χ2n) is 6.93. The van der Waals surface area contributed by atoms with E-state index in [1.165, 1.54) is 51.4 Å². The van der Waals surface area contributed by atoms with Crippen molar-refractivity contribution in [1.82, 2.24) is 5.32 Å². The van der Waals surface area contributed by atoms with Crippen molar-refractivity contribution in [2.75, 3.05) is 12.3 Å². The number of ether oxygens (including phenoxy) is 1. The fourth-order valence-corrected chi connectivity index (χ4v) is 2.87. The maximum Gasteiger partial charge on any atom is 0.338 e. The summed E-state index contributed by atoms with van der Waals surface area (Å²) in [6.45, 7) is 7.11. The number of nitrogens with one attached hydrogen (secondary N) is 1. The normalized spacial score (nSPS) is 11.8. The summed E-state index contributed by atoms with van der Waals surface area (Å²) < 4.78 is 5.54. The number of halogens is 1. The molecule has 0 saturated heterocycles. The monoisotopic (exact) mass is 384 g/mol. The molecule has 0 aromatic heterocycles.